The zero-order chi connectivity index (χ0) is 13.3. The van der Waals surface area contributed by atoms with Gasteiger partial charge in [0, 0.05) is 5.41 Å². The number of carboxylic acids is 1. The molecule has 2 rings (SSSR count). The molecule has 0 aromatic heterocycles. The molecule has 4 N–H and O–H groups in total. The SMILES string of the molecule is CC1(C)COC[C@H]1Nc1cc(C(=O)O)ccc1N. The van der Waals surface area contributed by atoms with E-state index in [-0.39, 0.29) is 17.0 Å². The van der Waals surface area contributed by atoms with Crippen LogP contribution < -0.4 is 11.1 Å². The quantitative estimate of drug-likeness (QED) is 0.712. The summed E-state index contributed by atoms with van der Waals surface area (Å²) in [6.45, 7) is 5.50. The van der Waals surface area contributed by atoms with Crippen LogP contribution in [-0.4, -0.2) is 30.3 Å². The zero-order valence-corrected chi connectivity index (χ0v) is 10.6. The van der Waals surface area contributed by atoms with E-state index in [4.69, 9.17) is 15.6 Å². The zero-order valence-electron chi connectivity index (χ0n) is 10.6. The Bertz CT molecular complexity index is 471. The molecule has 1 heterocycles. The normalized spacial score (nSPS) is 21.8. The van der Waals surface area contributed by atoms with Gasteiger partial charge in [-0.15, -0.1) is 0 Å². The molecule has 0 radical (unpaired) electrons. The highest BCUT2D eigenvalue weighted by Gasteiger charge is 2.35. The number of ether oxygens (including phenoxy) is 1. The molecule has 0 amide bonds. The molecule has 1 atom stereocenters. The van der Waals surface area contributed by atoms with Crippen LogP contribution >= 0.6 is 0 Å². The first-order valence-corrected chi connectivity index (χ1v) is 5.87. The van der Waals surface area contributed by atoms with Crippen molar-refractivity contribution in [1.82, 2.24) is 0 Å². The summed E-state index contributed by atoms with van der Waals surface area (Å²) in [4.78, 5) is 10.9. The van der Waals surface area contributed by atoms with Gasteiger partial charge < -0.3 is 20.9 Å². The number of benzene rings is 1. The van der Waals surface area contributed by atoms with Crippen molar-refractivity contribution in [2.45, 2.75) is 19.9 Å². The maximum atomic E-state index is 10.9. The smallest absolute Gasteiger partial charge is 0.335 e. The molecule has 5 nitrogen and oxygen atoms in total. The first kappa shape index (κ1) is 12.7. The number of carbonyl (C=O) groups is 1. The third kappa shape index (κ3) is 2.41. The highest BCUT2D eigenvalue weighted by atomic mass is 16.5. The maximum absolute atomic E-state index is 10.9. The predicted molar refractivity (Wildman–Crippen MR) is 69.8 cm³/mol. The lowest BCUT2D eigenvalue weighted by molar-refractivity contribution is 0.0697. The number of aromatic carboxylic acids is 1. The minimum Gasteiger partial charge on any atom is -0.478 e. The molecule has 0 bridgehead atoms. The number of rotatable bonds is 3. The van der Waals surface area contributed by atoms with Gasteiger partial charge in [0.1, 0.15) is 0 Å². The minimum absolute atomic E-state index is 0.00562. The summed E-state index contributed by atoms with van der Waals surface area (Å²) in [5.74, 6) is -0.958. The molecule has 1 aliphatic heterocycles. The Morgan fingerprint density at radius 2 is 2.28 bits per heavy atom. The highest BCUT2D eigenvalue weighted by Crippen LogP contribution is 2.32. The Morgan fingerprint density at radius 3 is 2.83 bits per heavy atom. The summed E-state index contributed by atoms with van der Waals surface area (Å²) < 4.78 is 5.44. The van der Waals surface area contributed by atoms with E-state index in [0.717, 1.165) is 0 Å². The Morgan fingerprint density at radius 1 is 1.56 bits per heavy atom. The molecule has 0 aliphatic carbocycles. The van der Waals surface area contributed by atoms with Crippen molar-refractivity contribution in [3.05, 3.63) is 23.8 Å². The first-order valence-electron chi connectivity index (χ1n) is 5.87. The van der Waals surface area contributed by atoms with Crippen molar-refractivity contribution in [3.8, 4) is 0 Å². The van der Waals surface area contributed by atoms with Crippen molar-refractivity contribution < 1.29 is 14.6 Å². The summed E-state index contributed by atoms with van der Waals surface area (Å²) in [7, 11) is 0. The third-order valence-corrected chi connectivity index (χ3v) is 3.33. The van der Waals surface area contributed by atoms with Gasteiger partial charge in [-0.2, -0.15) is 0 Å². The number of carboxylic acid groups (broad SMARTS) is 1. The number of nitrogens with two attached hydrogens (primary N) is 1. The van der Waals surface area contributed by atoms with Crippen LogP contribution in [0.5, 0.6) is 0 Å². The van der Waals surface area contributed by atoms with Crippen LogP contribution in [0, 0.1) is 5.41 Å². The number of anilines is 2. The van der Waals surface area contributed by atoms with Crippen LogP contribution in [0.4, 0.5) is 11.4 Å². The van der Waals surface area contributed by atoms with Gasteiger partial charge in [0.05, 0.1) is 36.2 Å². The van der Waals surface area contributed by atoms with E-state index in [2.05, 4.69) is 19.2 Å². The molecule has 5 heteroatoms. The topological polar surface area (TPSA) is 84.6 Å². The Balaban J connectivity index is 2.23. The molecule has 0 saturated carbocycles. The largest absolute Gasteiger partial charge is 0.478 e. The Kier molecular flexibility index (Phi) is 3.17. The molecule has 1 fully saturated rings. The van der Waals surface area contributed by atoms with Gasteiger partial charge in [-0.3, -0.25) is 0 Å². The molecule has 0 unspecified atom stereocenters. The molecular formula is C13H18N2O3. The summed E-state index contributed by atoms with van der Waals surface area (Å²) in [5, 5.41) is 12.3. The number of hydrogen-bond acceptors (Lipinski definition) is 4. The van der Waals surface area contributed by atoms with Crippen LogP contribution in [0.25, 0.3) is 0 Å². The summed E-state index contributed by atoms with van der Waals surface area (Å²) in [6, 6.07) is 4.80. The highest BCUT2D eigenvalue weighted by molar-refractivity contribution is 5.90. The third-order valence-electron chi connectivity index (χ3n) is 3.33. The predicted octanol–water partition coefficient (Wildman–Crippen LogP) is 1.80. The summed E-state index contributed by atoms with van der Waals surface area (Å²) in [5.41, 5.74) is 7.29. The average Bonchev–Trinajstić information content (AvgIpc) is 2.61. The Labute approximate surface area is 106 Å². The van der Waals surface area contributed by atoms with Crippen molar-refractivity contribution in [1.29, 1.82) is 0 Å². The van der Waals surface area contributed by atoms with E-state index >= 15 is 0 Å². The van der Waals surface area contributed by atoms with Gasteiger partial charge in [0.15, 0.2) is 0 Å². The van der Waals surface area contributed by atoms with E-state index in [1.54, 1.807) is 12.1 Å². The fourth-order valence-electron chi connectivity index (χ4n) is 2.01. The van der Waals surface area contributed by atoms with Crippen molar-refractivity contribution in [3.63, 3.8) is 0 Å². The number of nitrogen functional groups attached to an aromatic ring is 1. The van der Waals surface area contributed by atoms with Gasteiger partial charge in [0.2, 0.25) is 0 Å². The van der Waals surface area contributed by atoms with E-state index in [9.17, 15) is 4.79 Å². The molecule has 1 saturated heterocycles. The second kappa shape index (κ2) is 4.49. The molecular weight excluding hydrogens is 232 g/mol. The van der Waals surface area contributed by atoms with Gasteiger partial charge in [-0.05, 0) is 18.2 Å². The van der Waals surface area contributed by atoms with Crippen LogP contribution in [0.2, 0.25) is 0 Å². The minimum atomic E-state index is -0.958. The standard InChI is InChI=1S/C13H18N2O3/c1-13(2)7-18-6-11(13)15-10-5-8(12(16)17)3-4-9(10)14/h3-5,11,15H,6-7,14H2,1-2H3,(H,16,17)/t11-/m1/s1. The monoisotopic (exact) mass is 250 g/mol. The second-order valence-corrected chi connectivity index (χ2v) is 5.31. The fraction of sp³-hybridized carbons (Fsp3) is 0.462. The molecule has 1 aromatic rings. The van der Waals surface area contributed by atoms with E-state index < -0.39 is 5.97 Å². The average molecular weight is 250 g/mol. The number of nitrogens with one attached hydrogen (secondary N) is 1. The van der Waals surface area contributed by atoms with Crippen LogP contribution in [-0.2, 0) is 4.74 Å². The first-order chi connectivity index (χ1) is 8.40. The van der Waals surface area contributed by atoms with E-state index in [1.807, 2.05) is 0 Å². The molecule has 98 valence electrons. The summed E-state index contributed by atoms with van der Waals surface area (Å²) >= 11 is 0. The Hall–Kier alpha value is -1.75. The number of hydrogen-bond donors (Lipinski definition) is 3. The lowest BCUT2D eigenvalue weighted by Crippen LogP contribution is -2.34. The van der Waals surface area contributed by atoms with Gasteiger partial charge in [-0.1, -0.05) is 13.8 Å². The maximum Gasteiger partial charge on any atom is 0.335 e. The molecule has 18 heavy (non-hydrogen) atoms. The lowest BCUT2D eigenvalue weighted by Gasteiger charge is -2.27. The van der Waals surface area contributed by atoms with Crippen molar-refractivity contribution in [2.75, 3.05) is 24.3 Å². The van der Waals surface area contributed by atoms with Crippen LogP contribution in [0.1, 0.15) is 24.2 Å². The molecule has 0 spiro atoms. The second-order valence-electron chi connectivity index (χ2n) is 5.31. The fourth-order valence-corrected chi connectivity index (χ4v) is 2.01. The van der Waals surface area contributed by atoms with Gasteiger partial charge in [-0.25, -0.2) is 4.79 Å². The summed E-state index contributed by atoms with van der Waals surface area (Å²) in [6.07, 6.45) is 0. The van der Waals surface area contributed by atoms with Crippen LogP contribution in [0.15, 0.2) is 18.2 Å². The van der Waals surface area contributed by atoms with Gasteiger partial charge >= 0.3 is 5.97 Å². The van der Waals surface area contributed by atoms with Crippen molar-refractivity contribution in [2.24, 2.45) is 5.41 Å². The molecule has 1 aromatic carbocycles. The lowest BCUT2D eigenvalue weighted by atomic mass is 9.87. The van der Waals surface area contributed by atoms with E-state index in [1.165, 1.54) is 6.07 Å². The van der Waals surface area contributed by atoms with Crippen LogP contribution in [0.3, 0.4) is 0 Å². The van der Waals surface area contributed by atoms with Crippen molar-refractivity contribution >= 4 is 17.3 Å². The van der Waals surface area contributed by atoms with E-state index in [0.29, 0.717) is 24.6 Å². The molecule has 1 aliphatic rings. The van der Waals surface area contributed by atoms with Gasteiger partial charge in [0.25, 0.3) is 0 Å².